The van der Waals surface area contributed by atoms with Crippen LogP contribution in [0.3, 0.4) is 0 Å². The Morgan fingerprint density at radius 3 is 2.43 bits per heavy atom. The molecule has 0 saturated carbocycles. The molecule has 1 aromatic heterocycles. The summed E-state index contributed by atoms with van der Waals surface area (Å²) in [5, 5.41) is 0. The Labute approximate surface area is 165 Å². The molecule has 0 aliphatic carbocycles. The molecule has 1 aromatic carbocycles. The van der Waals surface area contributed by atoms with Gasteiger partial charge in [0.15, 0.2) is 11.6 Å². The van der Waals surface area contributed by atoms with Crippen LogP contribution < -0.4 is 4.74 Å². The third-order valence-electron chi connectivity index (χ3n) is 5.44. The van der Waals surface area contributed by atoms with E-state index in [-0.39, 0.29) is 17.5 Å². The van der Waals surface area contributed by atoms with Crippen LogP contribution in [-0.4, -0.2) is 46.9 Å². The molecule has 2 fully saturated rings. The van der Waals surface area contributed by atoms with E-state index in [1.165, 1.54) is 31.5 Å². The predicted molar refractivity (Wildman–Crippen MR) is 105 cm³/mol. The van der Waals surface area contributed by atoms with Crippen LogP contribution in [0, 0.1) is 5.82 Å². The maximum absolute atomic E-state index is 14.4. The Hall–Kier alpha value is -2.47. The van der Waals surface area contributed by atoms with Crippen LogP contribution >= 0.6 is 0 Å². The summed E-state index contributed by atoms with van der Waals surface area (Å²) in [6.45, 7) is 4.51. The second-order valence-corrected chi connectivity index (χ2v) is 7.59. The smallest absolute Gasteiger partial charge is 0.255 e. The normalized spacial score (nSPS) is 17.7. The molecule has 0 spiro atoms. The number of pyridine rings is 1. The number of nitrogens with zero attached hydrogens (tertiary/aromatic N) is 3. The van der Waals surface area contributed by atoms with Crippen LogP contribution in [-0.2, 0) is 6.54 Å². The van der Waals surface area contributed by atoms with Crippen molar-refractivity contribution in [3.8, 4) is 11.6 Å². The number of piperidine rings is 1. The lowest BCUT2D eigenvalue weighted by atomic mass is 10.1. The summed E-state index contributed by atoms with van der Waals surface area (Å²) in [5.41, 5.74) is 1.48. The van der Waals surface area contributed by atoms with Gasteiger partial charge in [0.1, 0.15) is 0 Å². The first-order valence-corrected chi connectivity index (χ1v) is 10.1. The van der Waals surface area contributed by atoms with E-state index in [2.05, 4.69) is 9.88 Å². The highest BCUT2D eigenvalue weighted by molar-refractivity contribution is 5.94. The average Bonchev–Trinajstić information content (AvgIpc) is 3.24. The van der Waals surface area contributed by atoms with Gasteiger partial charge >= 0.3 is 0 Å². The number of carbonyl (C=O) groups excluding carboxylic acids is 1. The highest BCUT2D eigenvalue weighted by Crippen LogP contribution is 2.25. The van der Waals surface area contributed by atoms with Crippen molar-refractivity contribution in [2.24, 2.45) is 0 Å². The molecule has 0 bridgehead atoms. The van der Waals surface area contributed by atoms with Gasteiger partial charge in [-0.1, -0.05) is 6.07 Å². The topological polar surface area (TPSA) is 45.7 Å². The Balaban J connectivity index is 1.39. The fraction of sp³-hybridized carbons (Fsp3) is 0.455. The van der Waals surface area contributed by atoms with Crippen molar-refractivity contribution in [3.05, 3.63) is 53.5 Å². The molecule has 4 rings (SSSR count). The van der Waals surface area contributed by atoms with Gasteiger partial charge in [0.05, 0.1) is 5.56 Å². The average molecular weight is 383 g/mol. The maximum Gasteiger partial charge on any atom is 0.255 e. The molecule has 2 saturated heterocycles. The van der Waals surface area contributed by atoms with Crippen LogP contribution in [0.2, 0.25) is 0 Å². The minimum atomic E-state index is -0.396. The lowest BCUT2D eigenvalue weighted by molar-refractivity contribution is 0.0724. The van der Waals surface area contributed by atoms with Crippen LogP contribution in [0.25, 0.3) is 0 Å². The number of hydrogen-bond acceptors (Lipinski definition) is 4. The number of amides is 1. The van der Waals surface area contributed by atoms with Crippen LogP contribution in [0.1, 0.15) is 48.0 Å². The highest BCUT2D eigenvalue weighted by atomic mass is 19.1. The number of ether oxygens (including phenoxy) is 1. The molecular weight excluding hydrogens is 357 g/mol. The van der Waals surface area contributed by atoms with E-state index in [4.69, 9.17) is 4.74 Å². The SMILES string of the molecule is O=C(c1ccc(Oc2ccc(CN3CCCC3)cc2F)nc1)N1CCCCC1. The van der Waals surface area contributed by atoms with E-state index in [9.17, 15) is 9.18 Å². The van der Waals surface area contributed by atoms with Crippen LogP contribution in [0.5, 0.6) is 11.6 Å². The zero-order valence-corrected chi connectivity index (χ0v) is 16.1. The van der Waals surface area contributed by atoms with Gasteiger partial charge in [0.25, 0.3) is 5.91 Å². The van der Waals surface area contributed by atoms with Gasteiger partial charge in [-0.05, 0) is 69.0 Å². The Bertz CT molecular complexity index is 813. The third-order valence-corrected chi connectivity index (χ3v) is 5.44. The van der Waals surface area contributed by atoms with Crippen molar-refractivity contribution in [1.82, 2.24) is 14.8 Å². The number of likely N-dealkylation sites (tertiary alicyclic amines) is 2. The van der Waals surface area contributed by atoms with E-state index < -0.39 is 5.82 Å². The fourth-order valence-corrected chi connectivity index (χ4v) is 3.88. The maximum atomic E-state index is 14.4. The summed E-state index contributed by atoms with van der Waals surface area (Å²) >= 11 is 0. The largest absolute Gasteiger partial charge is 0.436 e. The molecular formula is C22H26FN3O2. The first-order valence-electron chi connectivity index (χ1n) is 10.1. The Morgan fingerprint density at radius 1 is 1.00 bits per heavy atom. The molecule has 28 heavy (non-hydrogen) atoms. The molecule has 148 valence electrons. The summed E-state index contributed by atoms with van der Waals surface area (Å²) in [7, 11) is 0. The number of hydrogen-bond donors (Lipinski definition) is 0. The van der Waals surface area contributed by atoms with Gasteiger partial charge < -0.3 is 9.64 Å². The lowest BCUT2D eigenvalue weighted by Gasteiger charge is -2.26. The van der Waals surface area contributed by atoms with Crippen molar-refractivity contribution < 1.29 is 13.9 Å². The number of carbonyl (C=O) groups is 1. The second kappa shape index (κ2) is 8.69. The number of halogens is 1. The summed E-state index contributed by atoms with van der Waals surface area (Å²) in [4.78, 5) is 20.9. The van der Waals surface area contributed by atoms with Crippen molar-refractivity contribution in [2.45, 2.75) is 38.6 Å². The number of benzene rings is 1. The van der Waals surface area contributed by atoms with Gasteiger partial charge in [0, 0.05) is 31.9 Å². The zero-order valence-electron chi connectivity index (χ0n) is 16.1. The molecule has 0 radical (unpaired) electrons. The fourth-order valence-electron chi connectivity index (χ4n) is 3.88. The quantitative estimate of drug-likeness (QED) is 0.775. The molecule has 0 unspecified atom stereocenters. The lowest BCUT2D eigenvalue weighted by Crippen LogP contribution is -2.35. The van der Waals surface area contributed by atoms with E-state index in [1.54, 1.807) is 18.2 Å². The number of aromatic nitrogens is 1. The van der Waals surface area contributed by atoms with Crippen molar-refractivity contribution in [1.29, 1.82) is 0 Å². The van der Waals surface area contributed by atoms with Crippen LogP contribution in [0.4, 0.5) is 4.39 Å². The molecule has 2 aliphatic rings. The van der Waals surface area contributed by atoms with E-state index in [1.807, 2.05) is 11.0 Å². The van der Waals surface area contributed by atoms with Gasteiger partial charge in [-0.2, -0.15) is 0 Å². The molecule has 5 nitrogen and oxygen atoms in total. The van der Waals surface area contributed by atoms with E-state index in [0.717, 1.165) is 51.1 Å². The van der Waals surface area contributed by atoms with Gasteiger partial charge in [-0.3, -0.25) is 9.69 Å². The molecule has 2 aliphatic heterocycles. The van der Waals surface area contributed by atoms with E-state index in [0.29, 0.717) is 5.56 Å². The minimum Gasteiger partial charge on any atom is -0.436 e. The molecule has 2 aromatic rings. The van der Waals surface area contributed by atoms with Gasteiger partial charge in [-0.15, -0.1) is 0 Å². The van der Waals surface area contributed by atoms with Crippen molar-refractivity contribution in [3.63, 3.8) is 0 Å². The van der Waals surface area contributed by atoms with Gasteiger partial charge in [0.2, 0.25) is 5.88 Å². The second-order valence-electron chi connectivity index (χ2n) is 7.59. The molecule has 0 N–H and O–H groups in total. The first kappa shape index (κ1) is 18.9. The minimum absolute atomic E-state index is 0.00352. The zero-order chi connectivity index (χ0) is 19.3. The summed E-state index contributed by atoms with van der Waals surface area (Å²) in [5.74, 6) is 0.0253. The van der Waals surface area contributed by atoms with Crippen molar-refractivity contribution in [2.75, 3.05) is 26.2 Å². The van der Waals surface area contributed by atoms with Crippen molar-refractivity contribution >= 4 is 5.91 Å². The summed E-state index contributed by atoms with van der Waals surface area (Å²) in [6.07, 6.45) is 7.21. The first-order chi connectivity index (χ1) is 13.7. The molecule has 0 atom stereocenters. The van der Waals surface area contributed by atoms with E-state index >= 15 is 0 Å². The summed E-state index contributed by atoms with van der Waals surface area (Å²) in [6, 6.07) is 8.38. The summed E-state index contributed by atoms with van der Waals surface area (Å²) < 4.78 is 20.0. The van der Waals surface area contributed by atoms with Crippen LogP contribution in [0.15, 0.2) is 36.5 Å². The Morgan fingerprint density at radius 2 is 1.75 bits per heavy atom. The molecule has 6 heteroatoms. The highest BCUT2D eigenvalue weighted by Gasteiger charge is 2.19. The molecule has 1 amide bonds. The standard InChI is InChI=1S/C22H26FN3O2/c23-19-14-17(16-25-10-4-5-11-25)6-8-20(19)28-21-9-7-18(15-24-21)22(27)26-12-2-1-3-13-26/h6-9,14-15H,1-5,10-13,16H2. The Kier molecular flexibility index (Phi) is 5.86. The number of rotatable bonds is 5. The van der Waals surface area contributed by atoms with Gasteiger partial charge in [-0.25, -0.2) is 9.37 Å². The predicted octanol–water partition coefficient (Wildman–Crippen LogP) is 4.23. The monoisotopic (exact) mass is 383 g/mol. The molecule has 3 heterocycles. The third kappa shape index (κ3) is 4.50.